The van der Waals surface area contributed by atoms with Crippen LogP contribution in [0.15, 0.2) is 18.2 Å². The molecule has 1 aromatic heterocycles. The molecule has 1 aromatic carbocycles. The molecular weight excluding hydrogens is 280 g/mol. The number of rotatable bonds is 5. The molecule has 5 heteroatoms. The highest BCUT2D eigenvalue weighted by Gasteiger charge is 2.19. The quantitative estimate of drug-likeness (QED) is 0.891. The second kappa shape index (κ2) is 6.01. The minimum Gasteiger partial charge on any atom is -0.492 e. The molecule has 1 aliphatic rings. The summed E-state index contributed by atoms with van der Waals surface area (Å²) >= 11 is 0. The second-order valence-electron chi connectivity index (χ2n) is 6.01. The first-order chi connectivity index (χ1) is 10.6. The van der Waals surface area contributed by atoms with Crippen molar-refractivity contribution in [3.63, 3.8) is 0 Å². The molecule has 0 aliphatic carbocycles. The maximum absolute atomic E-state index is 11.4. The number of fused-ring (bicyclic) bond motifs is 1. The molecule has 0 radical (unpaired) electrons. The van der Waals surface area contributed by atoms with Crippen molar-refractivity contribution in [3.05, 3.63) is 29.5 Å². The van der Waals surface area contributed by atoms with Crippen molar-refractivity contribution in [2.75, 3.05) is 19.7 Å². The van der Waals surface area contributed by atoms with Crippen LogP contribution in [0.2, 0.25) is 0 Å². The van der Waals surface area contributed by atoms with Crippen molar-refractivity contribution in [3.8, 4) is 5.75 Å². The number of nitrogens with zero attached hydrogens (tertiary/aromatic N) is 1. The average molecular weight is 302 g/mol. The van der Waals surface area contributed by atoms with E-state index < -0.39 is 5.97 Å². The Morgan fingerprint density at radius 3 is 3.00 bits per heavy atom. The van der Waals surface area contributed by atoms with Crippen molar-refractivity contribution >= 4 is 16.9 Å². The number of aromatic nitrogens is 1. The van der Waals surface area contributed by atoms with E-state index in [2.05, 4.69) is 16.8 Å². The largest absolute Gasteiger partial charge is 0.492 e. The zero-order chi connectivity index (χ0) is 15.7. The standard InChI is InChI=1S/C17H22N2O3/c1-11-4-3-7-19(11)8-9-22-13-5-6-15-14(10-13)16(17(20)21)12(2)18-15/h5-6,10-11,18H,3-4,7-9H2,1-2H3,(H,20,21). The molecule has 22 heavy (non-hydrogen) atoms. The highest BCUT2D eigenvalue weighted by Crippen LogP contribution is 2.26. The van der Waals surface area contributed by atoms with Gasteiger partial charge < -0.3 is 14.8 Å². The van der Waals surface area contributed by atoms with Gasteiger partial charge in [-0.2, -0.15) is 0 Å². The molecule has 1 saturated heterocycles. The number of carbonyl (C=O) groups is 1. The van der Waals surface area contributed by atoms with Crippen LogP contribution in [0.25, 0.3) is 10.9 Å². The van der Waals surface area contributed by atoms with Crippen LogP contribution < -0.4 is 4.74 Å². The number of likely N-dealkylation sites (tertiary alicyclic amines) is 1. The first-order valence-corrected chi connectivity index (χ1v) is 7.78. The number of carboxylic acid groups (broad SMARTS) is 1. The third kappa shape index (κ3) is 2.81. The number of aryl methyl sites for hydroxylation is 1. The van der Waals surface area contributed by atoms with Gasteiger partial charge in [0, 0.05) is 29.2 Å². The van der Waals surface area contributed by atoms with E-state index in [1.54, 1.807) is 6.92 Å². The predicted octanol–water partition coefficient (Wildman–Crippen LogP) is 3.04. The van der Waals surface area contributed by atoms with Crippen LogP contribution >= 0.6 is 0 Å². The van der Waals surface area contributed by atoms with Crippen LogP contribution in [0.4, 0.5) is 0 Å². The fourth-order valence-corrected chi connectivity index (χ4v) is 3.28. The number of aromatic amines is 1. The summed E-state index contributed by atoms with van der Waals surface area (Å²) in [4.78, 5) is 16.9. The van der Waals surface area contributed by atoms with E-state index in [4.69, 9.17) is 4.74 Å². The Balaban J connectivity index is 1.71. The molecule has 0 bridgehead atoms. The van der Waals surface area contributed by atoms with Crippen molar-refractivity contribution in [2.24, 2.45) is 0 Å². The topological polar surface area (TPSA) is 65.6 Å². The maximum Gasteiger partial charge on any atom is 0.338 e. The number of hydrogen-bond donors (Lipinski definition) is 2. The molecule has 0 spiro atoms. The summed E-state index contributed by atoms with van der Waals surface area (Å²) in [7, 11) is 0. The number of nitrogens with one attached hydrogen (secondary N) is 1. The highest BCUT2D eigenvalue weighted by molar-refractivity contribution is 6.05. The zero-order valence-electron chi connectivity index (χ0n) is 13.1. The number of ether oxygens (including phenoxy) is 1. The smallest absolute Gasteiger partial charge is 0.338 e. The molecule has 1 aliphatic heterocycles. The van der Waals surface area contributed by atoms with E-state index in [-0.39, 0.29) is 0 Å². The fourth-order valence-electron chi connectivity index (χ4n) is 3.28. The summed E-state index contributed by atoms with van der Waals surface area (Å²) in [5, 5.41) is 10.0. The minimum absolute atomic E-state index is 0.327. The summed E-state index contributed by atoms with van der Waals surface area (Å²) < 4.78 is 5.82. The lowest BCUT2D eigenvalue weighted by Gasteiger charge is -2.20. The SMILES string of the molecule is Cc1[nH]c2ccc(OCCN3CCCC3C)cc2c1C(=O)O. The molecule has 5 nitrogen and oxygen atoms in total. The minimum atomic E-state index is -0.910. The molecule has 0 amide bonds. The number of carboxylic acids is 1. The Bertz CT molecular complexity index is 693. The molecular formula is C17H22N2O3. The number of benzene rings is 1. The normalized spacial score (nSPS) is 18.9. The summed E-state index contributed by atoms with van der Waals surface area (Å²) in [6, 6.07) is 6.22. The van der Waals surface area contributed by atoms with Gasteiger partial charge >= 0.3 is 5.97 Å². The van der Waals surface area contributed by atoms with E-state index in [1.807, 2.05) is 18.2 Å². The fraction of sp³-hybridized carbons (Fsp3) is 0.471. The van der Waals surface area contributed by atoms with Gasteiger partial charge in [0.1, 0.15) is 12.4 Å². The monoisotopic (exact) mass is 302 g/mol. The van der Waals surface area contributed by atoms with Crippen LogP contribution in [0.5, 0.6) is 5.75 Å². The number of aromatic carboxylic acids is 1. The molecule has 118 valence electrons. The van der Waals surface area contributed by atoms with Crippen LogP contribution in [0.1, 0.15) is 35.8 Å². The Morgan fingerprint density at radius 2 is 2.32 bits per heavy atom. The van der Waals surface area contributed by atoms with Crippen LogP contribution in [0, 0.1) is 6.92 Å². The van der Waals surface area contributed by atoms with Gasteiger partial charge in [-0.25, -0.2) is 4.79 Å². The van der Waals surface area contributed by atoms with Gasteiger partial charge in [-0.15, -0.1) is 0 Å². The van der Waals surface area contributed by atoms with Crippen LogP contribution in [-0.2, 0) is 0 Å². The lowest BCUT2D eigenvalue weighted by Crippen LogP contribution is -2.31. The average Bonchev–Trinajstić information content (AvgIpc) is 3.01. The summed E-state index contributed by atoms with van der Waals surface area (Å²) in [6.45, 7) is 6.71. The summed E-state index contributed by atoms with van der Waals surface area (Å²) in [6.07, 6.45) is 2.52. The van der Waals surface area contributed by atoms with Gasteiger partial charge in [0.05, 0.1) is 5.56 Å². The molecule has 1 atom stereocenters. The Hall–Kier alpha value is -2.01. The Kier molecular flexibility index (Phi) is 4.07. The van der Waals surface area contributed by atoms with Crippen molar-refractivity contribution in [1.82, 2.24) is 9.88 Å². The number of hydrogen-bond acceptors (Lipinski definition) is 3. The molecule has 3 rings (SSSR count). The molecule has 2 N–H and O–H groups in total. The molecule has 1 fully saturated rings. The van der Waals surface area contributed by atoms with Gasteiger partial charge in [-0.1, -0.05) is 0 Å². The lowest BCUT2D eigenvalue weighted by atomic mass is 10.1. The molecule has 1 unspecified atom stereocenters. The number of H-pyrrole nitrogens is 1. The summed E-state index contributed by atoms with van der Waals surface area (Å²) in [5.41, 5.74) is 1.83. The first-order valence-electron chi connectivity index (χ1n) is 7.78. The molecule has 2 aromatic rings. The van der Waals surface area contributed by atoms with E-state index in [0.717, 1.165) is 24.4 Å². The first kappa shape index (κ1) is 14.9. The van der Waals surface area contributed by atoms with Gasteiger partial charge in [0.15, 0.2) is 0 Å². The van der Waals surface area contributed by atoms with Crippen molar-refractivity contribution < 1.29 is 14.6 Å². The van der Waals surface area contributed by atoms with E-state index in [9.17, 15) is 9.90 Å². The Labute approximate surface area is 129 Å². The third-order valence-corrected chi connectivity index (χ3v) is 4.51. The maximum atomic E-state index is 11.4. The van der Waals surface area contributed by atoms with Gasteiger partial charge in [-0.05, 0) is 51.4 Å². The van der Waals surface area contributed by atoms with Gasteiger partial charge in [0.2, 0.25) is 0 Å². The molecule has 0 saturated carbocycles. The van der Waals surface area contributed by atoms with E-state index in [1.165, 1.54) is 12.8 Å². The second-order valence-corrected chi connectivity index (χ2v) is 6.01. The van der Waals surface area contributed by atoms with E-state index >= 15 is 0 Å². The molecule has 2 heterocycles. The van der Waals surface area contributed by atoms with Gasteiger partial charge in [-0.3, -0.25) is 4.90 Å². The van der Waals surface area contributed by atoms with Crippen LogP contribution in [-0.4, -0.2) is 46.7 Å². The van der Waals surface area contributed by atoms with Crippen molar-refractivity contribution in [1.29, 1.82) is 0 Å². The predicted molar refractivity (Wildman–Crippen MR) is 85.8 cm³/mol. The summed E-state index contributed by atoms with van der Waals surface area (Å²) in [5.74, 6) is -0.187. The van der Waals surface area contributed by atoms with E-state index in [0.29, 0.717) is 29.3 Å². The third-order valence-electron chi connectivity index (χ3n) is 4.51. The van der Waals surface area contributed by atoms with Crippen molar-refractivity contribution in [2.45, 2.75) is 32.7 Å². The lowest BCUT2D eigenvalue weighted by molar-refractivity contribution is 0.0698. The van der Waals surface area contributed by atoms with Crippen LogP contribution in [0.3, 0.4) is 0 Å². The van der Waals surface area contributed by atoms with Gasteiger partial charge in [0.25, 0.3) is 0 Å². The Morgan fingerprint density at radius 1 is 1.50 bits per heavy atom. The highest BCUT2D eigenvalue weighted by atomic mass is 16.5. The zero-order valence-corrected chi connectivity index (χ0v) is 13.1.